The largest absolute Gasteiger partial charge is 0.465 e. The van der Waals surface area contributed by atoms with Gasteiger partial charge in [-0.15, -0.1) is 0 Å². The highest BCUT2D eigenvalue weighted by atomic mass is 32.1. The summed E-state index contributed by atoms with van der Waals surface area (Å²) < 4.78 is 6.38. The maximum atomic E-state index is 12.6. The van der Waals surface area contributed by atoms with Crippen molar-refractivity contribution in [3.63, 3.8) is 0 Å². The number of carbonyl (C=O) groups excluding carboxylic acids is 2. The molecular formula is C19H19N3O4S. The Morgan fingerprint density at radius 2 is 1.89 bits per heavy atom. The minimum Gasteiger partial charge on any atom is -0.465 e. The molecule has 0 aliphatic heterocycles. The fourth-order valence-electron chi connectivity index (χ4n) is 2.68. The first-order valence-electron chi connectivity index (χ1n) is 8.85. The molecule has 2 aliphatic rings. The van der Waals surface area contributed by atoms with Crippen LogP contribution >= 0.6 is 11.3 Å². The van der Waals surface area contributed by atoms with Gasteiger partial charge in [-0.2, -0.15) is 0 Å². The van der Waals surface area contributed by atoms with Crippen LogP contribution in [0.15, 0.2) is 40.1 Å². The Morgan fingerprint density at radius 1 is 1.19 bits per heavy atom. The third-order valence-corrected chi connectivity index (χ3v) is 5.45. The number of nitrogens with zero attached hydrogens (tertiary/aromatic N) is 2. The summed E-state index contributed by atoms with van der Waals surface area (Å²) in [6.45, 7) is 0. The minimum atomic E-state index is -0.440. The molecule has 0 atom stereocenters. The Bertz CT molecular complexity index is 1010. The average molecular weight is 385 g/mol. The summed E-state index contributed by atoms with van der Waals surface area (Å²) in [5, 5.41) is 2.76. The first-order chi connectivity index (χ1) is 13.0. The molecular weight excluding hydrogens is 366 g/mol. The lowest BCUT2D eigenvalue weighted by Gasteiger charge is -2.08. The first-order valence-corrected chi connectivity index (χ1v) is 9.67. The standard InChI is InChI=1S/C19H19N3O4S/c1-26-18(25)11-2-4-12(5-3-11)20-17(24)15-10-16(23)22(14-8-9-14)19(27-15)21-13-6-7-13/h2-5,10,13-14H,6-9H2,1H3,(H,20,24). The second-order valence-electron chi connectivity index (χ2n) is 6.72. The number of amides is 1. The van der Waals surface area contributed by atoms with Gasteiger partial charge in [-0.25, -0.2) is 4.79 Å². The summed E-state index contributed by atoms with van der Waals surface area (Å²) in [6.07, 6.45) is 4.04. The number of carbonyl (C=O) groups is 2. The van der Waals surface area contributed by atoms with Gasteiger partial charge in [-0.05, 0) is 49.9 Å². The van der Waals surface area contributed by atoms with E-state index in [0.29, 0.717) is 20.9 Å². The van der Waals surface area contributed by atoms with Crippen LogP contribution in [0.2, 0.25) is 0 Å². The topological polar surface area (TPSA) is 89.8 Å². The first kappa shape index (κ1) is 17.7. The summed E-state index contributed by atoms with van der Waals surface area (Å²) >= 11 is 1.25. The maximum Gasteiger partial charge on any atom is 0.337 e. The van der Waals surface area contributed by atoms with E-state index >= 15 is 0 Å². The molecule has 7 nitrogen and oxygen atoms in total. The number of esters is 1. The molecule has 0 unspecified atom stereocenters. The van der Waals surface area contributed by atoms with Crippen molar-refractivity contribution >= 4 is 28.9 Å². The molecule has 2 fully saturated rings. The minimum absolute atomic E-state index is 0.179. The van der Waals surface area contributed by atoms with Crippen LogP contribution in [0, 0.1) is 0 Å². The van der Waals surface area contributed by atoms with Gasteiger partial charge >= 0.3 is 5.97 Å². The molecule has 1 amide bonds. The Hall–Kier alpha value is -2.74. The summed E-state index contributed by atoms with van der Waals surface area (Å²) in [5.41, 5.74) is 0.754. The van der Waals surface area contributed by atoms with Gasteiger partial charge in [-0.1, -0.05) is 11.3 Å². The number of rotatable bonds is 5. The lowest BCUT2D eigenvalue weighted by Crippen LogP contribution is -2.32. The number of aromatic nitrogens is 1. The van der Waals surface area contributed by atoms with Crippen LogP contribution in [0.25, 0.3) is 0 Å². The van der Waals surface area contributed by atoms with E-state index in [9.17, 15) is 14.4 Å². The Morgan fingerprint density at radius 3 is 2.48 bits per heavy atom. The van der Waals surface area contributed by atoms with Crippen LogP contribution in [-0.4, -0.2) is 29.6 Å². The third kappa shape index (κ3) is 4.00. The molecule has 2 saturated carbocycles. The molecule has 0 saturated heterocycles. The molecule has 1 aromatic heterocycles. The zero-order valence-electron chi connectivity index (χ0n) is 14.8. The Balaban J connectivity index is 1.59. The van der Waals surface area contributed by atoms with E-state index in [1.54, 1.807) is 28.8 Å². The number of hydrogen-bond donors (Lipinski definition) is 1. The summed E-state index contributed by atoms with van der Waals surface area (Å²) in [4.78, 5) is 42.2. The predicted octanol–water partition coefficient (Wildman–Crippen LogP) is 2.35. The molecule has 2 aromatic rings. The molecule has 27 heavy (non-hydrogen) atoms. The van der Waals surface area contributed by atoms with Gasteiger partial charge in [0.15, 0.2) is 4.80 Å². The van der Waals surface area contributed by atoms with Gasteiger partial charge in [0.2, 0.25) is 0 Å². The van der Waals surface area contributed by atoms with Gasteiger partial charge < -0.3 is 10.1 Å². The van der Waals surface area contributed by atoms with Crippen LogP contribution in [0.1, 0.15) is 51.8 Å². The summed E-state index contributed by atoms with van der Waals surface area (Å²) in [6, 6.07) is 8.26. The lowest BCUT2D eigenvalue weighted by molar-refractivity contribution is 0.0600. The SMILES string of the molecule is COC(=O)c1ccc(NC(=O)c2cc(=O)n(C3CC3)c(=NC3CC3)s2)cc1. The van der Waals surface area contributed by atoms with Crippen molar-refractivity contribution in [2.24, 2.45) is 4.99 Å². The van der Waals surface area contributed by atoms with Crippen LogP contribution < -0.4 is 15.7 Å². The van der Waals surface area contributed by atoms with E-state index in [1.165, 1.54) is 24.5 Å². The summed E-state index contributed by atoms with van der Waals surface area (Å²) in [7, 11) is 1.31. The van der Waals surface area contributed by atoms with Crippen molar-refractivity contribution in [3.8, 4) is 0 Å². The molecule has 0 bridgehead atoms. The monoisotopic (exact) mass is 385 g/mol. The van der Waals surface area contributed by atoms with Crippen LogP contribution in [0.5, 0.6) is 0 Å². The quantitative estimate of drug-likeness (QED) is 0.800. The number of hydrogen-bond acceptors (Lipinski definition) is 6. The smallest absolute Gasteiger partial charge is 0.337 e. The normalized spacial score (nSPS) is 16.9. The van der Waals surface area contributed by atoms with E-state index in [-0.39, 0.29) is 23.6 Å². The molecule has 1 N–H and O–H groups in total. The second kappa shape index (κ2) is 7.11. The molecule has 140 valence electrons. The van der Waals surface area contributed by atoms with E-state index in [0.717, 1.165) is 25.7 Å². The predicted molar refractivity (Wildman–Crippen MR) is 101 cm³/mol. The van der Waals surface area contributed by atoms with Crippen molar-refractivity contribution in [1.29, 1.82) is 0 Å². The zero-order chi connectivity index (χ0) is 19.0. The van der Waals surface area contributed by atoms with Crippen molar-refractivity contribution < 1.29 is 14.3 Å². The molecule has 8 heteroatoms. The van der Waals surface area contributed by atoms with Gasteiger partial charge in [0.25, 0.3) is 11.5 Å². The maximum absolute atomic E-state index is 12.6. The molecule has 0 spiro atoms. The van der Waals surface area contributed by atoms with Gasteiger partial charge in [0, 0.05) is 17.8 Å². The molecule has 2 aliphatic carbocycles. The number of ether oxygens (including phenoxy) is 1. The van der Waals surface area contributed by atoms with Crippen molar-refractivity contribution in [3.05, 3.63) is 55.9 Å². The molecule has 0 radical (unpaired) electrons. The van der Waals surface area contributed by atoms with Gasteiger partial charge in [-0.3, -0.25) is 19.1 Å². The summed E-state index contributed by atoms with van der Waals surface area (Å²) in [5.74, 6) is -0.803. The molecule has 1 heterocycles. The number of benzene rings is 1. The Kier molecular flexibility index (Phi) is 4.65. The van der Waals surface area contributed by atoms with Gasteiger partial charge in [0.05, 0.1) is 18.7 Å². The van der Waals surface area contributed by atoms with Gasteiger partial charge in [0.1, 0.15) is 4.88 Å². The molecule has 4 rings (SSSR count). The van der Waals surface area contributed by atoms with Crippen LogP contribution in [-0.2, 0) is 4.74 Å². The highest BCUT2D eigenvalue weighted by Crippen LogP contribution is 2.32. The number of methoxy groups -OCH3 is 1. The highest BCUT2D eigenvalue weighted by molar-refractivity contribution is 7.11. The van der Waals surface area contributed by atoms with E-state index < -0.39 is 5.97 Å². The third-order valence-electron chi connectivity index (χ3n) is 4.44. The number of anilines is 1. The van der Waals surface area contributed by atoms with E-state index in [4.69, 9.17) is 0 Å². The van der Waals surface area contributed by atoms with E-state index in [1.807, 2.05) is 0 Å². The van der Waals surface area contributed by atoms with Crippen LogP contribution in [0.3, 0.4) is 0 Å². The average Bonchev–Trinajstić information content (AvgIpc) is 3.56. The highest BCUT2D eigenvalue weighted by Gasteiger charge is 2.28. The van der Waals surface area contributed by atoms with E-state index in [2.05, 4.69) is 15.0 Å². The second-order valence-corrected chi connectivity index (χ2v) is 7.73. The fourth-order valence-corrected chi connectivity index (χ4v) is 3.72. The van der Waals surface area contributed by atoms with Crippen molar-refractivity contribution in [1.82, 2.24) is 4.57 Å². The fraction of sp³-hybridized carbons (Fsp3) is 0.368. The Labute approximate surface area is 159 Å². The zero-order valence-corrected chi connectivity index (χ0v) is 15.6. The lowest BCUT2D eigenvalue weighted by atomic mass is 10.2. The van der Waals surface area contributed by atoms with Crippen LogP contribution in [0.4, 0.5) is 5.69 Å². The van der Waals surface area contributed by atoms with Crippen molar-refractivity contribution in [2.45, 2.75) is 37.8 Å². The van der Waals surface area contributed by atoms with Crippen molar-refractivity contribution in [2.75, 3.05) is 12.4 Å². The number of nitrogens with one attached hydrogen (secondary N) is 1. The molecule has 1 aromatic carbocycles.